The molecule has 0 bridgehead atoms. The number of nitrogens with one attached hydrogen (secondary N) is 2. The topological polar surface area (TPSA) is 727 Å². The first-order valence-corrected chi connectivity index (χ1v) is 38.0. The number of nitrogens with zero attached hydrogens (tertiary/aromatic N) is 14. The number of nitrogen functional groups attached to an aromatic ring is 5. The molecule has 5 fully saturated rings. The highest BCUT2D eigenvalue weighted by molar-refractivity contribution is 7.48. The maximum Gasteiger partial charge on any atom is 0.472 e. The number of rotatable bonds is 28. The summed E-state index contributed by atoms with van der Waals surface area (Å²) in [7, 11) is -27.0. The molecule has 5 aliphatic rings. The van der Waals surface area contributed by atoms with Crippen LogP contribution in [0.4, 0.5) is 29.4 Å². The van der Waals surface area contributed by atoms with Crippen LogP contribution in [-0.4, -0.2) is 206 Å². The summed E-state index contributed by atoms with van der Waals surface area (Å²) in [5.74, 6) is -1.04. The van der Waals surface area contributed by atoms with Crippen LogP contribution in [0.2, 0.25) is 0 Å². The smallest absolute Gasteiger partial charge is 0.390 e. The number of ether oxygens (including phenoxy) is 5. The van der Waals surface area contributed by atoms with Crippen LogP contribution in [0, 0.1) is 0 Å². The van der Waals surface area contributed by atoms with Gasteiger partial charge in [-0.25, -0.2) is 57.3 Å². The van der Waals surface area contributed by atoms with Crippen molar-refractivity contribution in [2.75, 3.05) is 61.7 Å². The summed E-state index contributed by atoms with van der Waals surface area (Å²) in [6.07, 6.45) is -17.4. The molecule has 0 spiro atoms. The number of aromatic amines is 2. The largest absolute Gasteiger partial charge is 0.472 e. The zero-order valence-electron chi connectivity index (χ0n) is 52.8. The highest BCUT2D eigenvalue weighted by atomic mass is 31.2. The second-order valence-corrected chi connectivity index (χ2v) is 30.4. The number of H-pyrrole nitrogens is 2. The summed E-state index contributed by atoms with van der Waals surface area (Å²) in [4.78, 5) is 156. The Kier molecular flexibility index (Phi) is 21.0. The van der Waals surface area contributed by atoms with Crippen molar-refractivity contribution in [2.24, 2.45) is 0 Å². The number of fused-ring (bicyclic) bond motifs is 3. The number of imidazole rings is 3. The number of anilines is 5. The number of hydrogen-bond donors (Lipinski definition) is 14. The van der Waals surface area contributed by atoms with Gasteiger partial charge in [0, 0.05) is 44.5 Å². The Hall–Kier alpha value is -7.68. The van der Waals surface area contributed by atoms with E-state index < -0.39 is 213 Å². The first-order valence-electron chi connectivity index (χ1n) is 30.4. The van der Waals surface area contributed by atoms with Gasteiger partial charge < -0.3 is 86.8 Å². The molecule has 19 atom stereocenters. The number of hydrogen-bond acceptors (Lipinski definition) is 38. The summed E-state index contributed by atoms with van der Waals surface area (Å²) < 4.78 is 152. The molecule has 5 saturated heterocycles. The number of aliphatic hydroxyl groups excluding tert-OH is 1. The van der Waals surface area contributed by atoms with E-state index in [2.05, 4.69) is 59.3 Å². The van der Waals surface area contributed by atoms with Crippen molar-refractivity contribution in [2.45, 2.75) is 124 Å². The van der Waals surface area contributed by atoms with Gasteiger partial charge in [-0.2, -0.15) is 19.9 Å². The lowest BCUT2D eigenvalue weighted by Gasteiger charge is -2.25. The summed E-state index contributed by atoms with van der Waals surface area (Å²) in [5.41, 5.74) is 25.1. The zero-order chi connectivity index (χ0) is 74.1. The Labute approximate surface area is 577 Å². The van der Waals surface area contributed by atoms with Crippen LogP contribution in [0.5, 0.6) is 0 Å². The predicted molar refractivity (Wildman–Crippen MR) is 340 cm³/mol. The maximum atomic E-state index is 14.3. The number of aliphatic hydroxyl groups is 1. The van der Waals surface area contributed by atoms with E-state index in [1.54, 1.807) is 0 Å². The van der Waals surface area contributed by atoms with Crippen LogP contribution in [0.3, 0.4) is 0 Å². The predicted octanol–water partition coefficient (Wildman–Crippen LogP) is -2.57. The Morgan fingerprint density at radius 2 is 0.769 bits per heavy atom. The number of aromatic nitrogens is 16. The van der Waals surface area contributed by atoms with E-state index >= 15 is 0 Å². The van der Waals surface area contributed by atoms with E-state index in [9.17, 15) is 76.5 Å². The van der Waals surface area contributed by atoms with Crippen molar-refractivity contribution < 1.29 is 122 Å². The fourth-order valence-electron chi connectivity index (χ4n) is 11.9. The molecule has 8 aromatic heterocycles. The summed E-state index contributed by atoms with van der Waals surface area (Å²) >= 11 is 0. The lowest BCUT2D eigenvalue weighted by molar-refractivity contribution is -0.0637. The van der Waals surface area contributed by atoms with Crippen molar-refractivity contribution in [1.82, 2.24) is 77.7 Å². The molecule has 19 N–H and O–H groups in total. The van der Waals surface area contributed by atoms with Crippen molar-refractivity contribution in [3.8, 4) is 0 Å². The molecule has 4 unspecified atom stereocenters. The summed E-state index contributed by atoms with van der Waals surface area (Å²) in [6.45, 7) is -4.89. The molecular weight excluding hydrogens is 1510 g/mol. The molecule has 0 saturated carbocycles. The van der Waals surface area contributed by atoms with Crippen molar-refractivity contribution in [1.29, 1.82) is 0 Å². The minimum absolute atomic E-state index is 0.0676. The van der Waals surface area contributed by atoms with Gasteiger partial charge in [0.1, 0.15) is 110 Å². The molecule has 13 heterocycles. The quantitative estimate of drug-likeness (QED) is 0.0224. The third kappa shape index (κ3) is 16.8. The first-order chi connectivity index (χ1) is 49.1. The first kappa shape index (κ1) is 74.6. The van der Waals surface area contributed by atoms with Crippen LogP contribution in [0.15, 0.2) is 69.0 Å². The van der Waals surface area contributed by atoms with Gasteiger partial charge >= 0.3 is 50.5 Å². The van der Waals surface area contributed by atoms with E-state index in [0.717, 1.165) is 34.3 Å². The Bertz CT molecular complexity index is 5060. The lowest BCUT2D eigenvalue weighted by Crippen LogP contribution is -2.32. The fourth-order valence-corrected chi connectivity index (χ4v) is 16.1. The van der Waals surface area contributed by atoms with Gasteiger partial charge in [-0.05, 0) is 12.1 Å². The monoisotopic (exact) mass is 1570 g/mol. The number of nitrogens with two attached hydrogens (primary N) is 5. The van der Waals surface area contributed by atoms with E-state index in [0.29, 0.717) is 0 Å². The Morgan fingerprint density at radius 1 is 0.433 bits per heavy atom. The van der Waals surface area contributed by atoms with E-state index in [4.69, 9.17) is 88.5 Å². The second-order valence-electron chi connectivity index (χ2n) is 23.5. The van der Waals surface area contributed by atoms with Gasteiger partial charge in [0.15, 0.2) is 33.8 Å². The molecule has 0 aliphatic carbocycles. The molecule has 0 aromatic carbocycles. The van der Waals surface area contributed by atoms with Gasteiger partial charge in [-0.3, -0.25) is 83.1 Å². The molecule has 13 rings (SSSR count). The minimum atomic E-state index is -5.55. The van der Waals surface area contributed by atoms with E-state index in [1.165, 1.54) is 38.4 Å². The Balaban J connectivity index is 0.706. The normalized spacial score (nSPS) is 29.0. The molecule has 8 aromatic rings. The molecule has 564 valence electrons. The van der Waals surface area contributed by atoms with Crippen molar-refractivity contribution >= 4 is 102 Å². The van der Waals surface area contributed by atoms with Gasteiger partial charge in [0.05, 0.1) is 58.1 Å². The maximum absolute atomic E-state index is 14.3. The van der Waals surface area contributed by atoms with Gasteiger partial charge in [0.2, 0.25) is 11.9 Å². The Morgan fingerprint density at radius 3 is 1.15 bits per heavy atom. The number of phosphoric ester groups is 5. The molecule has 51 nitrogen and oxygen atoms in total. The van der Waals surface area contributed by atoms with Crippen LogP contribution >= 0.6 is 39.1 Å². The average Bonchev–Trinajstić information content (AvgIpc) is 1.63. The van der Waals surface area contributed by atoms with Gasteiger partial charge in [0.25, 0.3) is 11.1 Å². The summed E-state index contributed by atoms with van der Waals surface area (Å²) in [5, 5.41) is 10.8. The standard InChI is InChI=1S/C48H62N21O30P5/c49-29-1-3-65(47(73)59-29)31-5-19(70)24(91-31)10-87-101(78,79)98-23-9-35(69-18-58-38-42(69)62-46(53)64-44(38)72)95-28(23)14-90-104(84,85)99-22-7-33(67-16-56-36-39(51)54-15-55-40(36)67)94-27(22)13-89-102(80,81)96-20-6-32(66-4-2-30(50)60-48(66)74)92-26(20)12-88-103(82,83)97-21-8-34(93-25(21)11-86-100(75,76)77)68-17-57-37-41(68)61-45(52)63-43(37)71/h1-4,15-28,31-35,70H,5-14H2,(H,78,79)(H,80,81)(H,82,83)(H,84,85)(H2,49,59,73)(H2,50,60,74)(H2,51,54,55)(H2,75,76,77)(H3,52,61,63,71)(H3,53,62,64,72)/t19-,20-,21-,22-,23-,24+,25+,26+,27+,28+,31+,32+,33+,34+,35+/m0/s1. The number of phosphoric acid groups is 5. The zero-order valence-corrected chi connectivity index (χ0v) is 57.2. The highest BCUT2D eigenvalue weighted by Gasteiger charge is 2.50. The SMILES string of the molecule is Nc1ccn([C@H]2C[C@H](OP(=O)(O)OC[C@H]3O[C@@H](n4cnc5c(N)ncnc54)C[C@@H]3OP(=O)(O)OC[C@H]3O[C@@H](n4cnc5c(=O)[nH]c(N)nc54)C[C@@H]3OP(=O)(O)OC[C@H]3O[C@@H](n4ccc(N)nc4=O)C[C@@H]3O)[C@@H](COP(=O)(O)O[C@H]3C[C@H](n4cnc5c(=O)[nH]c(N)nc54)O[C@@H]3COP(=O)(O)O)O2)c(=O)n1. The van der Waals surface area contributed by atoms with Crippen LogP contribution in [0.1, 0.15) is 63.2 Å². The lowest BCUT2D eigenvalue weighted by atomic mass is 10.2. The highest BCUT2D eigenvalue weighted by Crippen LogP contribution is 2.55. The molecular formula is C48H62N21O30P5. The second kappa shape index (κ2) is 29.2. The molecule has 5 aliphatic heterocycles. The molecule has 0 radical (unpaired) electrons. The van der Waals surface area contributed by atoms with Crippen LogP contribution in [0.25, 0.3) is 33.5 Å². The van der Waals surface area contributed by atoms with Crippen molar-refractivity contribution in [3.05, 3.63) is 91.5 Å². The third-order valence-electron chi connectivity index (χ3n) is 16.6. The molecule has 56 heteroatoms. The van der Waals surface area contributed by atoms with Crippen LogP contribution < -0.4 is 51.2 Å². The third-order valence-corrected chi connectivity index (χ3v) is 21.1. The molecule has 104 heavy (non-hydrogen) atoms. The average molecular weight is 1570 g/mol. The minimum Gasteiger partial charge on any atom is -0.390 e. The van der Waals surface area contributed by atoms with Crippen LogP contribution in [-0.2, 0) is 87.2 Å². The summed E-state index contributed by atoms with van der Waals surface area (Å²) in [6, 6.07) is 2.50. The fraction of sp³-hybridized carbons (Fsp3) is 0.521. The van der Waals surface area contributed by atoms with Gasteiger partial charge in [-0.1, -0.05) is 0 Å². The van der Waals surface area contributed by atoms with E-state index in [-0.39, 0.29) is 69.3 Å². The van der Waals surface area contributed by atoms with Gasteiger partial charge in [-0.15, -0.1) is 0 Å². The van der Waals surface area contributed by atoms with E-state index in [1.807, 2.05) is 0 Å². The van der Waals surface area contributed by atoms with Crippen molar-refractivity contribution in [3.63, 3.8) is 0 Å². The molecule has 0 amide bonds.